The number of rotatable bonds is 3. The van der Waals surface area contributed by atoms with Crippen LogP contribution in [-0.2, 0) is 0 Å². The molecule has 0 spiro atoms. The summed E-state index contributed by atoms with van der Waals surface area (Å²) in [6, 6.07) is 3.93. The predicted octanol–water partition coefficient (Wildman–Crippen LogP) is 4.27. The molecule has 0 aliphatic heterocycles. The van der Waals surface area contributed by atoms with Crippen molar-refractivity contribution < 1.29 is 4.39 Å². The van der Waals surface area contributed by atoms with Gasteiger partial charge < -0.3 is 5.73 Å². The molecular weight excluding hydrogens is 237 g/mol. The molecule has 104 valence electrons. The largest absolute Gasteiger partial charge is 0.324 e. The van der Waals surface area contributed by atoms with Crippen molar-refractivity contribution in [3.63, 3.8) is 0 Å². The molecule has 0 radical (unpaired) electrons. The van der Waals surface area contributed by atoms with Crippen molar-refractivity contribution in [2.45, 2.75) is 52.0 Å². The van der Waals surface area contributed by atoms with Crippen molar-refractivity contribution in [2.75, 3.05) is 0 Å². The Bertz CT molecular complexity index is 459. The van der Waals surface area contributed by atoms with Crippen LogP contribution in [0.5, 0.6) is 0 Å². The van der Waals surface area contributed by atoms with Crippen LogP contribution in [0.15, 0.2) is 12.1 Å². The van der Waals surface area contributed by atoms with Gasteiger partial charge in [-0.15, -0.1) is 0 Å². The van der Waals surface area contributed by atoms with Crippen LogP contribution in [0.4, 0.5) is 4.39 Å². The first-order chi connectivity index (χ1) is 9.04. The molecule has 1 nitrogen and oxygen atoms in total. The Morgan fingerprint density at radius 1 is 1.21 bits per heavy atom. The Kier molecular flexibility index (Phi) is 3.38. The number of hydrogen-bond donors (Lipinski definition) is 1. The van der Waals surface area contributed by atoms with Gasteiger partial charge in [-0.3, -0.25) is 0 Å². The lowest BCUT2D eigenvalue weighted by Gasteiger charge is -2.25. The third-order valence-corrected chi connectivity index (χ3v) is 5.33. The third-order valence-electron chi connectivity index (χ3n) is 5.33. The van der Waals surface area contributed by atoms with Crippen LogP contribution in [0.3, 0.4) is 0 Å². The smallest absolute Gasteiger partial charge is 0.129 e. The molecule has 2 N–H and O–H groups in total. The van der Waals surface area contributed by atoms with Crippen molar-refractivity contribution in [2.24, 2.45) is 23.5 Å². The molecule has 0 aromatic heterocycles. The molecule has 2 bridgehead atoms. The minimum absolute atomic E-state index is 0.0716. The Morgan fingerprint density at radius 3 is 2.42 bits per heavy atom. The predicted molar refractivity (Wildman–Crippen MR) is 76.4 cm³/mol. The number of aryl methyl sites for hydroxylation is 2. The number of hydrogen-bond acceptors (Lipinski definition) is 1. The molecule has 3 rings (SSSR count). The fraction of sp³-hybridized carbons (Fsp3) is 0.647. The summed E-state index contributed by atoms with van der Waals surface area (Å²) in [5, 5.41) is 0. The maximum Gasteiger partial charge on any atom is 0.129 e. The number of fused-ring (bicyclic) bond motifs is 2. The summed E-state index contributed by atoms with van der Waals surface area (Å²) in [4.78, 5) is 0. The second-order valence-electron chi connectivity index (χ2n) is 6.75. The first-order valence-electron chi connectivity index (χ1n) is 7.57. The SMILES string of the molecule is Cc1cc(C(N)CC2CC3CCC2C3)cc(C)c1F. The summed E-state index contributed by atoms with van der Waals surface area (Å²) >= 11 is 0. The number of nitrogens with two attached hydrogens (primary N) is 1. The van der Waals surface area contributed by atoms with Crippen molar-refractivity contribution in [3.05, 3.63) is 34.6 Å². The summed E-state index contributed by atoms with van der Waals surface area (Å²) in [6.45, 7) is 3.66. The zero-order valence-electron chi connectivity index (χ0n) is 12.0. The lowest BCUT2D eigenvalue weighted by molar-refractivity contribution is 0.296. The lowest BCUT2D eigenvalue weighted by atomic mass is 9.82. The van der Waals surface area contributed by atoms with E-state index in [2.05, 4.69) is 0 Å². The average molecular weight is 261 g/mol. The molecule has 0 heterocycles. The quantitative estimate of drug-likeness (QED) is 0.864. The van der Waals surface area contributed by atoms with E-state index >= 15 is 0 Å². The summed E-state index contributed by atoms with van der Waals surface area (Å²) < 4.78 is 13.7. The molecule has 2 aliphatic carbocycles. The van der Waals surface area contributed by atoms with Gasteiger partial charge in [0.05, 0.1) is 0 Å². The van der Waals surface area contributed by atoms with Gasteiger partial charge in [0.2, 0.25) is 0 Å². The highest BCUT2D eigenvalue weighted by atomic mass is 19.1. The van der Waals surface area contributed by atoms with Crippen LogP contribution in [0.25, 0.3) is 0 Å². The van der Waals surface area contributed by atoms with Gasteiger partial charge in [-0.25, -0.2) is 4.39 Å². The van der Waals surface area contributed by atoms with E-state index in [0.717, 1.165) is 40.9 Å². The summed E-state index contributed by atoms with van der Waals surface area (Å²) in [5.41, 5.74) is 8.92. The van der Waals surface area contributed by atoms with Crippen LogP contribution >= 0.6 is 0 Å². The van der Waals surface area contributed by atoms with Crippen LogP contribution in [0.1, 0.15) is 54.8 Å². The lowest BCUT2D eigenvalue weighted by Crippen LogP contribution is -2.19. The highest BCUT2D eigenvalue weighted by Gasteiger charge is 2.39. The van der Waals surface area contributed by atoms with E-state index in [1.165, 1.54) is 25.7 Å². The van der Waals surface area contributed by atoms with E-state index in [9.17, 15) is 4.39 Å². The molecule has 2 fully saturated rings. The van der Waals surface area contributed by atoms with Gasteiger partial charge in [0.25, 0.3) is 0 Å². The highest BCUT2D eigenvalue weighted by Crippen LogP contribution is 2.50. The molecule has 1 aromatic rings. The van der Waals surface area contributed by atoms with Crippen LogP contribution in [0.2, 0.25) is 0 Å². The summed E-state index contributed by atoms with van der Waals surface area (Å²) in [6.07, 6.45) is 6.72. The van der Waals surface area contributed by atoms with Crippen molar-refractivity contribution in [1.29, 1.82) is 0 Å². The summed E-state index contributed by atoms with van der Waals surface area (Å²) in [7, 11) is 0. The molecule has 0 amide bonds. The second kappa shape index (κ2) is 4.90. The molecule has 0 saturated heterocycles. The van der Waals surface area contributed by atoms with E-state index < -0.39 is 0 Å². The average Bonchev–Trinajstić information content (AvgIpc) is 2.97. The highest BCUT2D eigenvalue weighted by molar-refractivity contribution is 5.32. The molecule has 2 saturated carbocycles. The van der Waals surface area contributed by atoms with E-state index in [0.29, 0.717) is 0 Å². The van der Waals surface area contributed by atoms with E-state index in [4.69, 9.17) is 5.73 Å². The summed E-state index contributed by atoms with van der Waals surface area (Å²) in [5.74, 6) is 2.60. The maximum atomic E-state index is 13.7. The van der Waals surface area contributed by atoms with Gasteiger partial charge in [0, 0.05) is 6.04 Å². The molecule has 19 heavy (non-hydrogen) atoms. The number of halogens is 1. The number of benzene rings is 1. The van der Waals surface area contributed by atoms with Gasteiger partial charge in [0.15, 0.2) is 0 Å². The zero-order chi connectivity index (χ0) is 13.6. The third kappa shape index (κ3) is 2.43. The molecule has 4 atom stereocenters. The first kappa shape index (κ1) is 13.1. The van der Waals surface area contributed by atoms with Crippen LogP contribution in [0, 0.1) is 37.4 Å². The molecule has 4 unspecified atom stereocenters. The van der Waals surface area contributed by atoms with Crippen molar-refractivity contribution in [1.82, 2.24) is 0 Å². The van der Waals surface area contributed by atoms with Crippen molar-refractivity contribution >= 4 is 0 Å². The molecular formula is C17H24FN. The fourth-order valence-corrected chi connectivity index (χ4v) is 4.32. The van der Waals surface area contributed by atoms with Gasteiger partial charge in [-0.2, -0.15) is 0 Å². The standard InChI is InChI=1S/C17H24FN/c1-10-5-15(6-11(2)17(10)18)16(19)9-14-8-12-3-4-13(14)7-12/h5-6,12-14,16H,3-4,7-9,19H2,1-2H3. The van der Waals surface area contributed by atoms with Gasteiger partial charge >= 0.3 is 0 Å². The van der Waals surface area contributed by atoms with Gasteiger partial charge in [0.1, 0.15) is 5.82 Å². The minimum atomic E-state index is -0.0872. The molecule has 2 aliphatic rings. The zero-order valence-corrected chi connectivity index (χ0v) is 12.0. The van der Waals surface area contributed by atoms with Crippen LogP contribution < -0.4 is 5.73 Å². The fourth-order valence-electron chi connectivity index (χ4n) is 4.32. The van der Waals surface area contributed by atoms with E-state index in [1.54, 1.807) is 0 Å². The Morgan fingerprint density at radius 2 is 1.89 bits per heavy atom. The van der Waals surface area contributed by atoms with Gasteiger partial charge in [-0.1, -0.05) is 18.6 Å². The Hall–Kier alpha value is -0.890. The normalized spacial score (nSPS) is 30.8. The monoisotopic (exact) mass is 261 g/mol. The second-order valence-corrected chi connectivity index (χ2v) is 6.75. The van der Waals surface area contributed by atoms with E-state index in [1.807, 2.05) is 26.0 Å². The van der Waals surface area contributed by atoms with Gasteiger partial charge in [-0.05, 0) is 74.0 Å². The minimum Gasteiger partial charge on any atom is -0.324 e. The topological polar surface area (TPSA) is 26.0 Å². The van der Waals surface area contributed by atoms with Crippen molar-refractivity contribution in [3.8, 4) is 0 Å². The Balaban J connectivity index is 1.72. The van der Waals surface area contributed by atoms with Crippen LogP contribution in [-0.4, -0.2) is 0 Å². The Labute approximate surface area is 115 Å². The van der Waals surface area contributed by atoms with E-state index in [-0.39, 0.29) is 11.9 Å². The maximum absolute atomic E-state index is 13.7. The molecule has 1 aromatic carbocycles. The first-order valence-corrected chi connectivity index (χ1v) is 7.57. The molecule has 2 heteroatoms.